The lowest BCUT2D eigenvalue weighted by atomic mass is 9.72. The predicted octanol–water partition coefficient (Wildman–Crippen LogP) is 7.71. The summed E-state index contributed by atoms with van der Waals surface area (Å²) in [6.45, 7) is 13.9. The minimum Gasteiger partial charge on any atom is -0.490 e. The summed E-state index contributed by atoms with van der Waals surface area (Å²) >= 11 is 8.37. The number of hydrazine groups is 1. The van der Waals surface area contributed by atoms with Crippen molar-refractivity contribution in [2.24, 2.45) is 22.2 Å². The number of hydrogen-bond donors (Lipinski definition) is 4. The number of ether oxygens (including phenoxy) is 2. The summed E-state index contributed by atoms with van der Waals surface area (Å²) in [5.41, 5.74) is 14.3. The highest BCUT2D eigenvalue weighted by Crippen LogP contribution is 2.51. The van der Waals surface area contributed by atoms with E-state index in [0.29, 0.717) is 50.4 Å². The Bertz CT molecular complexity index is 2080. The average Bonchev–Trinajstić information content (AvgIpc) is 3.96. The molecule has 9 atom stereocenters. The Labute approximate surface area is 390 Å². The number of nitrogens with one attached hydrogen (secondary N) is 4. The van der Waals surface area contributed by atoms with Crippen LogP contribution in [0.3, 0.4) is 0 Å². The molecule has 2 aliphatic carbocycles. The van der Waals surface area contributed by atoms with Gasteiger partial charge in [0, 0.05) is 48.3 Å². The van der Waals surface area contributed by atoms with Crippen LogP contribution in [-0.4, -0.2) is 112 Å². The van der Waals surface area contributed by atoms with Gasteiger partial charge in [0.1, 0.15) is 23.6 Å². The summed E-state index contributed by atoms with van der Waals surface area (Å²) in [4.78, 5) is 25.0. The first kappa shape index (κ1) is 44.9. The molecule has 64 heavy (non-hydrogen) atoms. The van der Waals surface area contributed by atoms with Crippen LogP contribution in [0.2, 0.25) is 5.02 Å². The molecule has 0 aromatic heterocycles. The number of carbonyl (C=O) groups excluding carboxylic acids is 1. The number of halogens is 1. The second-order valence-electron chi connectivity index (χ2n) is 20.9. The van der Waals surface area contributed by atoms with E-state index >= 15 is 0 Å². The van der Waals surface area contributed by atoms with E-state index in [1.54, 1.807) is 12.1 Å². The third-order valence-electron chi connectivity index (χ3n) is 16.9. The van der Waals surface area contributed by atoms with E-state index in [2.05, 4.69) is 101 Å². The number of nitrogens with zero attached hydrogens (tertiary/aromatic N) is 5. The zero-order chi connectivity index (χ0) is 44.2. The normalized spacial score (nSPS) is 38.8. The molecule has 2 spiro atoms. The van der Waals surface area contributed by atoms with E-state index in [9.17, 15) is 10.1 Å². The van der Waals surface area contributed by atoms with Crippen LogP contribution in [0.5, 0.6) is 11.5 Å². The molecule has 6 aliphatic heterocycles. The van der Waals surface area contributed by atoms with Crippen LogP contribution in [-0.2, 0) is 4.79 Å². The minimum atomic E-state index is -0.164. The number of fused-ring (bicyclic) bond motifs is 3. The van der Waals surface area contributed by atoms with Crippen LogP contribution in [0.4, 0.5) is 0 Å². The Morgan fingerprint density at radius 2 is 1.70 bits per heavy atom. The summed E-state index contributed by atoms with van der Waals surface area (Å²) in [6, 6.07) is 16.3. The number of quaternary nitrogens is 1. The predicted molar refractivity (Wildman–Crippen MR) is 254 cm³/mol. The fourth-order valence-corrected chi connectivity index (χ4v) is 15.3. The number of nitriles is 1. The zero-order valence-electron chi connectivity index (χ0n) is 38.4. The number of amides is 1. The molecule has 2 aromatic carbocycles. The van der Waals surface area contributed by atoms with Crippen LogP contribution >= 0.6 is 23.4 Å². The van der Waals surface area contributed by atoms with Crippen molar-refractivity contribution in [2.75, 3.05) is 26.2 Å². The van der Waals surface area contributed by atoms with Crippen molar-refractivity contribution in [3.8, 4) is 17.6 Å². The summed E-state index contributed by atoms with van der Waals surface area (Å²) < 4.78 is 14.2. The lowest BCUT2D eigenvalue weighted by Crippen LogP contribution is -2.76. The maximum absolute atomic E-state index is 14.0. The lowest BCUT2D eigenvalue weighted by Gasteiger charge is -2.53. The molecule has 4 N–H and O–H groups in total. The number of likely N-dealkylation sites (tertiary alicyclic amines) is 1. The maximum atomic E-state index is 14.0. The molecule has 2 aromatic rings. The number of thioether (sulfide) groups is 1. The molecule has 8 unspecified atom stereocenters. The third-order valence-corrected chi connectivity index (χ3v) is 18.9. The number of hydrogen-bond acceptors (Lipinski definition) is 11. The number of rotatable bonds is 8. The van der Waals surface area contributed by atoms with Gasteiger partial charge >= 0.3 is 0 Å². The molecular formula is C50H71ClN9O3S+. The average molecular weight is 914 g/mol. The van der Waals surface area contributed by atoms with Gasteiger partial charge in [0.05, 0.1) is 65.3 Å². The van der Waals surface area contributed by atoms with E-state index in [1.807, 2.05) is 6.07 Å². The zero-order valence-corrected chi connectivity index (χ0v) is 40.0. The lowest BCUT2D eigenvalue weighted by molar-refractivity contribution is -1.01. The van der Waals surface area contributed by atoms with Crippen molar-refractivity contribution in [1.29, 1.82) is 5.26 Å². The molecule has 6 heterocycles. The van der Waals surface area contributed by atoms with E-state index in [-0.39, 0.29) is 48.6 Å². The molecule has 7 fully saturated rings. The van der Waals surface area contributed by atoms with Crippen LogP contribution < -0.4 is 31.1 Å². The van der Waals surface area contributed by atoms with Gasteiger partial charge in [0.15, 0.2) is 6.17 Å². The fraction of sp³-hybridized carbons (Fsp3) is 0.700. The summed E-state index contributed by atoms with van der Waals surface area (Å²) in [6.07, 6.45) is 16.2. The first-order valence-corrected chi connectivity index (χ1v) is 26.2. The van der Waals surface area contributed by atoms with Crippen molar-refractivity contribution < 1.29 is 18.9 Å². The van der Waals surface area contributed by atoms with Crippen LogP contribution in [0.15, 0.2) is 47.5 Å². The quantitative estimate of drug-likeness (QED) is 0.196. The van der Waals surface area contributed by atoms with Gasteiger partial charge in [0.2, 0.25) is 5.91 Å². The van der Waals surface area contributed by atoms with E-state index in [1.165, 1.54) is 49.8 Å². The Morgan fingerprint density at radius 1 is 0.938 bits per heavy atom. The van der Waals surface area contributed by atoms with Crippen molar-refractivity contribution in [3.05, 3.63) is 58.6 Å². The van der Waals surface area contributed by atoms with Gasteiger partial charge in [-0.3, -0.25) is 19.6 Å². The van der Waals surface area contributed by atoms with Crippen molar-refractivity contribution in [3.63, 3.8) is 0 Å². The molecule has 0 radical (unpaired) electrons. The van der Waals surface area contributed by atoms with E-state index < -0.39 is 0 Å². The van der Waals surface area contributed by atoms with E-state index in [0.717, 1.165) is 87.9 Å². The second-order valence-corrected chi connectivity index (χ2v) is 22.8. The van der Waals surface area contributed by atoms with Gasteiger partial charge in [0.25, 0.3) is 0 Å². The van der Waals surface area contributed by atoms with E-state index in [4.69, 9.17) is 26.1 Å². The largest absolute Gasteiger partial charge is 0.490 e. The second kappa shape index (κ2) is 18.6. The van der Waals surface area contributed by atoms with Crippen molar-refractivity contribution in [2.45, 2.75) is 177 Å². The number of piperidine rings is 1. The molecule has 346 valence electrons. The van der Waals surface area contributed by atoms with Gasteiger partial charge < -0.3 is 14.8 Å². The number of carbonyl (C=O) groups is 1. The van der Waals surface area contributed by atoms with Gasteiger partial charge in [-0.15, -0.1) is 11.8 Å². The smallest absolute Gasteiger partial charge is 0.242 e. The summed E-state index contributed by atoms with van der Waals surface area (Å²) in [7, 11) is 0. The third kappa shape index (κ3) is 8.73. The Morgan fingerprint density at radius 3 is 2.47 bits per heavy atom. The first-order valence-electron chi connectivity index (χ1n) is 24.8. The number of benzene rings is 2. The molecular weight excluding hydrogens is 842 g/mol. The fourth-order valence-electron chi connectivity index (χ4n) is 13.2. The van der Waals surface area contributed by atoms with Crippen LogP contribution in [0, 0.1) is 28.6 Å². The van der Waals surface area contributed by atoms with Gasteiger partial charge in [-0.1, -0.05) is 37.6 Å². The highest BCUT2D eigenvalue weighted by Gasteiger charge is 2.55. The number of aliphatic imine (C=N–C) groups is 1. The van der Waals surface area contributed by atoms with Crippen molar-refractivity contribution >= 4 is 35.0 Å². The Balaban J connectivity index is 0.746. The summed E-state index contributed by atoms with van der Waals surface area (Å²) in [5, 5.41) is 14.0. The van der Waals surface area contributed by atoms with Crippen LogP contribution in [0.25, 0.3) is 0 Å². The van der Waals surface area contributed by atoms with Gasteiger partial charge in [-0.2, -0.15) is 10.7 Å². The molecule has 10 rings (SSSR count). The highest BCUT2D eigenvalue weighted by atomic mass is 35.5. The standard InChI is InChI=1S/C50H70ClN9O3S/c1-31-33(3)64-49-45(31)46(53-32(2)47-56-55-34(4)59(47)49)40-10-6-7-11-43(40)63-38-20-22-50(23-21-38)24-25-58(30-50)44-19-18-42(57-60(44)26-8-5-9-27-60)48(61)54-36-13-16-37(17-14-36)62-39-15-12-35(29-52)41(51)28-39/h6-7,10-12,15,28,31-34,36-38,42,44-45,47,49,55-57H,5,8-9,13-14,16-27,30H2,1-4H3/p+1/t31?,32-,33?,34?,36?,37?,38?,42?,44?,45?,47?,49?,50?/m0/s1. The Kier molecular flexibility index (Phi) is 13.1. The summed E-state index contributed by atoms with van der Waals surface area (Å²) in [5.74, 6) is 2.71. The molecule has 14 heteroatoms. The molecule has 1 amide bonds. The Hall–Kier alpha value is -2.93. The van der Waals surface area contributed by atoms with Gasteiger partial charge in [-0.25, -0.2) is 15.4 Å². The molecule has 5 saturated heterocycles. The van der Waals surface area contributed by atoms with Gasteiger partial charge in [-0.05, 0) is 133 Å². The minimum absolute atomic E-state index is 0.0809. The van der Waals surface area contributed by atoms with Crippen LogP contribution in [0.1, 0.15) is 129 Å². The molecule has 8 aliphatic rings. The molecule has 0 bridgehead atoms. The maximum Gasteiger partial charge on any atom is 0.242 e. The molecule has 12 nitrogen and oxygen atoms in total. The first-order chi connectivity index (χ1) is 31.0. The topological polar surface area (TPSA) is 126 Å². The monoisotopic (exact) mass is 913 g/mol. The number of para-hydroxylation sites is 1. The SMILES string of the molecule is CC1SC2C(C(c3ccccc3OC3CCC4(CC3)CCN(C3CCC(C(=O)NC5CCC(Oc6ccc(C#N)c(Cl)c6)CC5)N[N+]35CCCCC5)C4)=N[C@@H](C)C3NNC(C)N23)C1C. The van der Waals surface area contributed by atoms with Crippen molar-refractivity contribution in [1.82, 2.24) is 31.4 Å². The molecule has 2 saturated carbocycles. The highest BCUT2D eigenvalue weighted by molar-refractivity contribution is 8.00.